The molecular weight excluding hydrogens is 150 g/mol. The maximum absolute atomic E-state index is 4.32. The van der Waals surface area contributed by atoms with Crippen LogP contribution in [0.4, 0.5) is 0 Å². The molecule has 1 rings (SSSR count). The Morgan fingerprint density at radius 2 is 2.25 bits per heavy atom. The van der Waals surface area contributed by atoms with Gasteiger partial charge in [-0.05, 0) is 26.0 Å². The van der Waals surface area contributed by atoms with Gasteiger partial charge < -0.3 is 5.43 Å². The number of hydrazone groups is 1. The molecule has 1 aromatic rings. The predicted molar refractivity (Wildman–Crippen MR) is 50.2 cm³/mol. The van der Waals surface area contributed by atoms with Crippen LogP contribution in [0.25, 0.3) is 0 Å². The van der Waals surface area contributed by atoms with Crippen LogP contribution in [0.15, 0.2) is 23.3 Å². The van der Waals surface area contributed by atoms with E-state index >= 15 is 0 Å². The highest BCUT2D eigenvalue weighted by atomic mass is 15.3. The summed E-state index contributed by atoms with van der Waals surface area (Å²) in [5.41, 5.74) is 5.57. The molecule has 0 unspecified atom stereocenters. The van der Waals surface area contributed by atoms with Gasteiger partial charge in [0, 0.05) is 12.7 Å². The van der Waals surface area contributed by atoms with Gasteiger partial charge in [-0.15, -0.1) is 0 Å². The fourth-order valence-corrected chi connectivity index (χ4v) is 0.970. The van der Waals surface area contributed by atoms with Gasteiger partial charge in [-0.25, -0.2) is 0 Å². The number of nitrogens with one attached hydrogen (secondary N) is 1. The molecule has 0 aliphatic rings. The van der Waals surface area contributed by atoms with Crippen LogP contribution < -0.4 is 5.43 Å². The van der Waals surface area contributed by atoms with Crippen LogP contribution in [-0.2, 0) is 0 Å². The predicted octanol–water partition coefficient (Wildman–Crippen LogP) is 1.33. The minimum atomic E-state index is 0.904. The first-order valence-corrected chi connectivity index (χ1v) is 3.89. The molecule has 0 radical (unpaired) electrons. The first-order valence-electron chi connectivity index (χ1n) is 3.89. The molecule has 0 aromatic carbocycles. The summed E-state index contributed by atoms with van der Waals surface area (Å²) in [7, 11) is 1.78. The van der Waals surface area contributed by atoms with E-state index in [-0.39, 0.29) is 0 Å². The van der Waals surface area contributed by atoms with Crippen LogP contribution in [0, 0.1) is 6.92 Å². The van der Waals surface area contributed by atoms with E-state index in [0.29, 0.717) is 0 Å². The lowest BCUT2D eigenvalue weighted by atomic mass is 10.2. The average Bonchev–Trinajstić information content (AvgIpc) is 2.05. The second kappa shape index (κ2) is 3.85. The van der Waals surface area contributed by atoms with Crippen molar-refractivity contribution < 1.29 is 0 Å². The molecule has 0 atom stereocenters. The monoisotopic (exact) mass is 163 g/mol. The van der Waals surface area contributed by atoms with Crippen molar-refractivity contribution in [2.24, 2.45) is 5.10 Å². The van der Waals surface area contributed by atoms with Gasteiger partial charge in [0.25, 0.3) is 0 Å². The maximum Gasteiger partial charge on any atom is 0.0862 e. The van der Waals surface area contributed by atoms with E-state index in [9.17, 15) is 0 Å². The van der Waals surface area contributed by atoms with Crippen molar-refractivity contribution in [3.05, 3.63) is 29.6 Å². The molecule has 1 aromatic heterocycles. The van der Waals surface area contributed by atoms with Gasteiger partial charge in [-0.2, -0.15) is 5.10 Å². The summed E-state index contributed by atoms with van der Waals surface area (Å²) in [5.74, 6) is 0. The zero-order valence-electron chi connectivity index (χ0n) is 7.63. The van der Waals surface area contributed by atoms with Crippen LogP contribution in [0.2, 0.25) is 0 Å². The summed E-state index contributed by atoms with van der Waals surface area (Å²) in [6.07, 6.45) is 0. The van der Waals surface area contributed by atoms with Crippen LogP contribution in [0.5, 0.6) is 0 Å². The standard InChI is InChI=1S/C9H13N3/c1-7-5-4-6-9(11-7)8(2)12-10-3/h4-6,10H,1-3H3/b12-8+. The quantitative estimate of drug-likeness (QED) is 0.527. The normalized spacial score (nSPS) is 11.4. The van der Waals surface area contributed by atoms with Crippen LogP contribution in [0.3, 0.4) is 0 Å². The Morgan fingerprint density at radius 1 is 1.50 bits per heavy atom. The number of rotatable bonds is 2. The fraction of sp³-hybridized carbons (Fsp3) is 0.333. The first kappa shape index (κ1) is 8.71. The van der Waals surface area contributed by atoms with E-state index < -0.39 is 0 Å². The molecule has 64 valence electrons. The fourth-order valence-electron chi connectivity index (χ4n) is 0.970. The molecule has 0 saturated heterocycles. The summed E-state index contributed by atoms with van der Waals surface area (Å²) in [6, 6.07) is 5.89. The molecular formula is C9H13N3. The average molecular weight is 163 g/mol. The van der Waals surface area contributed by atoms with Crippen molar-refractivity contribution in [3.8, 4) is 0 Å². The van der Waals surface area contributed by atoms with Gasteiger partial charge in [0.2, 0.25) is 0 Å². The largest absolute Gasteiger partial charge is 0.313 e. The van der Waals surface area contributed by atoms with Crippen LogP contribution in [0.1, 0.15) is 18.3 Å². The van der Waals surface area contributed by atoms with Crippen LogP contribution in [-0.4, -0.2) is 17.7 Å². The molecule has 0 aliphatic carbocycles. The summed E-state index contributed by atoms with van der Waals surface area (Å²) in [6.45, 7) is 3.90. The van der Waals surface area contributed by atoms with Gasteiger partial charge in [-0.1, -0.05) is 6.07 Å². The molecule has 0 bridgehead atoms. The van der Waals surface area contributed by atoms with E-state index in [1.54, 1.807) is 7.05 Å². The zero-order chi connectivity index (χ0) is 8.97. The Labute approximate surface area is 72.5 Å². The Kier molecular flexibility index (Phi) is 2.80. The van der Waals surface area contributed by atoms with Crippen molar-refractivity contribution in [2.75, 3.05) is 7.05 Å². The summed E-state index contributed by atoms with van der Waals surface area (Å²) in [5, 5.41) is 4.04. The molecule has 0 amide bonds. The minimum absolute atomic E-state index is 0.904. The van der Waals surface area contributed by atoms with Crippen molar-refractivity contribution in [2.45, 2.75) is 13.8 Å². The highest BCUT2D eigenvalue weighted by molar-refractivity contribution is 5.96. The second-order valence-corrected chi connectivity index (χ2v) is 2.59. The van der Waals surface area contributed by atoms with Gasteiger partial charge in [-0.3, -0.25) is 4.98 Å². The third kappa shape index (κ3) is 2.05. The second-order valence-electron chi connectivity index (χ2n) is 2.59. The van der Waals surface area contributed by atoms with Crippen molar-refractivity contribution in [1.82, 2.24) is 10.4 Å². The SMILES string of the molecule is CN/N=C(\C)c1cccc(C)n1. The third-order valence-corrected chi connectivity index (χ3v) is 1.54. The number of nitrogens with zero attached hydrogens (tertiary/aromatic N) is 2. The summed E-state index contributed by atoms with van der Waals surface area (Å²) in [4.78, 5) is 4.32. The molecule has 3 nitrogen and oxygen atoms in total. The van der Waals surface area contributed by atoms with E-state index in [0.717, 1.165) is 17.1 Å². The Morgan fingerprint density at radius 3 is 2.83 bits per heavy atom. The van der Waals surface area contributed by atoms with Crippen molar-refractivity contribution in [1.29, 1.82) is 0 Å². The number of pyridine rings is 1. The lowest BCUT2D eigenvalue weighted by molar-refractivity contribution is 0.897. The summed E-state index contributed by atoms with van der Waals surface area (Å²) < 4.78 is 0. The maximum atomic E-state index is 4.32. The molecule has 1 N–H and O–H groups in total. The van der Waals surface area contributed by atoms with E-state index in [2.05, 4.69) is 15.5 Å². The lowest BCUT2D eigenvalue weighted by Crippen LogP contribution is -2.05. The Hall–Kier alpha value is -1.38. The Bertz CT molecular complexity index is 292. The smallest absolute Gasteiger partial charge is 0.0862 e. The van der Waals surface area contributed by atoms with Gasteiger partial charge in [0.15, 0.2) is 0 Å². The lowest BCUT2D eigenvalue weighted by Gasteiger charge is -1.99. The Balaban J connectivity index is 2.95. The molecule has 3 heteroatoms. The molecule has 0 saturated carbocycles. The van der Waals surface area contributed by atoms with E-state index in [1.807, 2.05) is 32.0 Å². The number of hydrogen-bond donors (Lipinski definition) is 1. The molecule has 0 aliphatic heterocycles. The molecule has 0 spiro atoms. The third-order valence-electron chi connectivity index (χ3n) is 1.54. The first-order chi connectivity index (χ1) is 5.74. The molecule has 12 heavy (non-hydrogen) atoms. The van der Waals surface area contributed by atoms with Gasteiger partial charge >= 0.3 is 0 Å². The minimum Gasteiger partial charge on any atom is -0.313 e. The van der Waals surface area contributed by atoms with Gasteiger partial charge in [0.1, 0.15) is 0 Å². The number of aryl methyl sites for hydroxylation is 1. The van der Waals surface area contributed by atoms with Crippen molar-refractivity contribution >= 4 is 5.71 Å². The highest BCUT2D eigenvalue weighted by Gasteiger charge is 1.97. The van der Waals surface area contributed by atoms with Gasteiger partial charge in [0.05, 0.1) is 11.4 Å². The molecule has 1 heterocycles. The zero-order valence-corrected chi connectivity index (χ0v) is 7.63. The molecule has 0 fully saturated rings. The van der Waals surface area contributed by atoms with Crippen molar-refractivity contribution in [3.63, 3.8) is 0 Å². The van der Waals surface area contributed by atoms with Crippen LogP contribution >= 0.6 is 0 Å². The number of hydrogen-bond acceptors (Lipinski definition) is 3. The van der Waals surface area contributed by atoms with E-state index in [1.165, 1.54) is 0 Å². The highest BCUT2D eigenvalue weighted by Crippen LogP contribution is 1.99. The summed E-state index contributed by atoms with van der Waals surface area (Å²) >= 11 is 0. The topological polar surface area (TPSA) is 37.3 Å². The van der Waals surface area contributed by atoms with E-state index in [4.69, 9.17) is 0 Å². The number of aromatic nitrogens is 1.